The molecule has 4 nitrogen and oxygen atoms in total. The highest BCUT2D eigenvalue weighted by molar-refractivity contribution is 5.84. The Bertz CT molecular complexity index is 557. The van der Waals surface area contributed by atoms with E-state index in [4.69, 9.17) is 4.74 Å². The summed E-state index contributed by atoms with van der Waals surface area (Å²) in [4.78, 5) is 19.0. The molecule has 19 heavy (non-hydrogen) atoms. The number of aromatic nitrogens is 1. The number of nitrogens with zero attached hydrogens (tertiary/aromatic N) is 2. The van der Waals surface area contributed by atoms with Crippen molar-refractivity contribution in [3.05, 3.63) is 42.2 Å². The van der Waals surface area contributed by atoms with Crippen LogP contribution in [0.25, 0.3) is 0 Å². The summed E-state index contributed by atoms with van der Waals surface area (Å²) in [6.07, 6.45) is 7.37. The number of carbonyl (C=O) groups excluding carboxylic acids is 1. The van der Waals surface area contributed by atoms with Gasteiger partial charge in [0.15, 0.2) is 0 Å². The van der Waals surface area contributed by atoms with Gasteiger partial charge >= 0.3 is 5.97 Å². The molecule has 98 valence electrons. The minimum absolute atomic E-state index is 0.105. The van der Waals surface area contributed by atoms with Crippen LogP contribution >= 0.6 is 0 Å². The number of esters is 1. The first-order chi connectivity index (χ1) is 9.30. The highest BCUT2D eigenvalue weighted by atomic mass is 16.5. The molecule has 4 heteroatoms. The average molecular weight is 256 g/mol. The molecule has 0 spiro atoms. The number of hydrogen-bond acceptors (Lipinski definition) is 4. The van der Waals surface area contributed by atoms with Crippen molar-refractivity contribution in [1.82, 2.24) is 9.88 Å². The van der Waals surface area contributed by atoms with E-state index < -0.39 is 0 Å². The summed E-state index contributed by atoms with van der Waals surface area (Å²) in [5, 5.41) is 0. The normalized spacial score (nSPS) is 41.1. The molecule has 0 aromatic carbocycles. The van der Waals surface area contributed by atoms with E-state index in [-0.39, 0.29) is 17.6 Å². The molecule has 0 N–H and O–H groups in total. The fourth-order valence-electron chi connectivity index (χ4n) is 3.98. The lowest BCUT2D eigenvalue weighted by Crippen LogP contribution is -2.27. The molecule has 5 atom stereocenters. The van der Waals surface area contributed by atoms with E-state index in [0.29, 0.717) is 18.6 Å². The summed E-state index contributed by atoms with van der Waals surface area (Å²) in [6.45, 7) is 2.29. The summed E-state index contributed by atoms with van der Waals surface area (Å²) in [5.41, 5.74) is 0.775. The zero-order chi connectivity index (χ0) is 13.0. The molecule has 2 saturated heterocycles. The van der Waals surface area contributed by atoms with Crippen molar-refractivity contribution >= 4 is 5.97 Å². The average Bonchev–Trinajstić information content (AvgIpc) is 2.79. The highest BCUT2D eigenvalue weighted by Gasteiger charge is 2.78. The van der Waals surface area contributed by atoms with Crippen LogP contribution in [0.5, 0.6) is 0 Å². The van der Waals surface area contributed by atoms with Gasteiger partial charge in [0, 0.05) is 18.2 Å². The Morgan fingerprint density at radius 1 is 1.53 bits per heavy atom. The predicted molar refractivity (Wildman–Crippen MR) is 69.2 cm³/mol. The molecular formula is C15H16N2O2. The number of fused-ring (bicyclic) bond motifs is 5. The lowest BCUT2D eigenvalue weighted by atomic mass is 9.85. The monoisotopic (exact) mass is 256 g/mol. The van der Waals surface area contributed by atoms with Crippen LogP contribution < -0.4 is 0 Å². The molecule has 1 aromatic rings. The van der Waals surface area contributed by atoms with Gasteiger partial charge in [0.25, 0.3) is 0 Å². The third-order valence-corrected chi connectivity index (χ3v) is 4.62. The fraction of sp³-hybridized carbons (Fsp3) is 0.467. The highest BCUT2D eigenvalue weighted by Crippen LogP contribution is 2.65. The van der Waals surface area contributed by atoms with Gasteiger partial charge in [0.1, 0.15) is 6.04 Å². The van der Waals surface area contributed by atoms with E-state index in [2.05, 4.69) is 22.0 Å². The van der Waals surface area contributed by atoms with Gasteiger partial charge in [-0.2, -0.15) is 0 Å². The minimum Gasteiger partial charge on any atom is -0.465 e. The van der Waals surface area contributed by atoms with Crippen LogP contribution in [0.4, 0.5) is 0 Å². The van der Waals surface area contributed by atoms with Crippen LogP contribution in [0.1, 0.15) is 19.0 Å². The quantitative estimate of drug-likeness (QED) is 0.467. The molecule has 1 aliphatic carbocycles. The van der Waals surface area contributed by atoms with Gasteiger partial charge in [0.2, 0.25) is 0 Å². The van der Waals surface area contributed by atoms with Crippen LogP contribution in [0.2, 0.25) is 0 Å². The Hall–Kier alpha value is -1.68. The van der Waals surface area contributed by atoms with E-state index in [9.17, 15) is 4.79 Å². The topological polar surface area (TPSA) is 42.2 Å². The number of ether oxygens (including phenoxy) is 1. The maximum Gasteiger partial charge on any atom is 0.325 e. The van der Waals surface area contributed by atoms with Gasteiger partial charge in [-0.1, -0.05) is 18.2 Å². The number of rotatable bonds is 3. The van der Waals surface area contributed by atoms with Crippen molar-refractivity contribution in [3.8, 4) is 0 Å². The Morgan fingerprint density at radius 2 is 2.42 bits per heavy atom. The first-order valence-corrected chi connectivity index (χ1v) is 6.85. The van der Waals surface area contributed by atoms with Gasteiger partial charge in [-0.3, -0.25) is 14.7 Å². The number of carbonyl (C=O) groups is 1. The molecule has 3 aliphatic rings. The van der Waals surface area contributed by atoms with Crippen molar-refractivity contribution in [2.24, 2.45) is 5.92 Å². The van der Waals surface area contributed by atoms with Crippen LogP contribution in [-0.2, 0) is 15.1 Å². The fourth-order valence-corrected chi connectivity index (χ4v) is 3.98. The second-order valence-electron chi connectivity index (χ2n) is 5.40. The van der Waals surface area contributed by atoms with E-state index in [1.165, 1.54) is 0 Å². The van der Waals surface area contributed by atoms with Crippen LogP contribution in [-0.4, -0.2) is 34.5 Å². The molecule has 0 radical (unpaired) electrons. The molecule has 0 amide bonds. The van der Waals surface area contributed by atoms with Gasteiger partial charge in [-0.15, -0.1) is 0 Å². The molecule has 3 heterocycles. The Balaban J connectivity index is 1.76. The molecule has 0 saturated carbocycles. The summed E-state index contributed by atoms with van der Waals surface area (Å²) in [6, 6.07) is 6.16. The summed E-state index contributed by atoms with van der Waals surface area (Å²) >= 11 is 0. The Kier molecular flexibility index (Phi) is 2.16. The van der Waals surface area contributed by atoms with E-state index in [1.807, 2.05) is 25.1 Å². The molecule has 3 unspecified atom stereocenters. The minimum atomic E-state index is -0.229. The second kappa shape index (κ2) is 3.67. The maximum atomic E-state index is 12.2. The van der Waals surface area contributed by atoms with Crippen molar-refractivity contribution in [2.75, 3.05) is 6.61 Å². The van der Waals surface area contributed by atoms with Gasteiger partial charge in [-0.25, -0.2) is 0 Å². The summed E-state index contributed by atoms with van der Waals surface area (Å²) in [5.74, 6) is 0.286. The predicted octanol–water partition coefficient (Wildman–Crippen LogP) is 1.48. The molecule has 1 aromatic heterocycles. The molecule has 2 bridgehead atoms. The van der Waals surface area contributed by atoms with E-state index in [1.54, 1.807) is 6.20 Å². The zero-order valence-corrected chi connectivity index (χ0v) is 10.8. The standard InChI is InChI=1S/C15H16N2O2/c1-2-19-14(18)13-15(12-5-3-4-8-16-12)10-6-7-11(9-10)17(13)15/h3-8,10-11,13H,2,9H2,1H3/t10?,11?,13-,15+,17?/m0/s1. The maximum absolute atomic E-state index is 12.2. The van der Waals surface area contributed by atoms with Gasteiger partial charge in [0.05, 0.1) is 17.8 Å². The summed E-state index contributed by atoms with van der Waals surface area (Å²) < 4.78 is 5.24. The van der Waals surface area contributed by atoms with Crippen molar-refractivity contribution in [2.45, 2.75) is 31.0 Å². The SMILES string of the molecule is CCOC(=O)[C@@H]1N2C3C=CC(C3)[C@@]12c1ccccn1. The second-order valence-corrected chi connectivity index (χ2v) is 5.40. The third kappa shape index (κ3) is 1.22. The van der Waals surface area contributed by atoms with E-state index in [0.717, 1.165) is 12.1 Å². The molecule has 4 rings (SSSR count). The zero-order valence-electron chi connectivity index (χ0n) is 10.8. The van der Waals surface area contributed by atoms with E-state index >= 15 is 0 Å². The van der Waals surface area contributed by atoms with Crippen molar-refractivity contribution in [1.29, 1.82) is 0 Å². The molecular weight excluding hydrogens is 240 g/mol. The summed E-state index contributed by atoms with van der Waals surface area (Å²) in [7, 11) is 0. The lowest BCUT2D eigenvalue weighted by molar-refractivity contribution is -0.144. The Morgan fingerprint density at radius 3 is 3.16 bits per heavy atom. The van der Waals surface area contributed by atoms with Gasteiger partial charge < -0.3 is 4.74 Å². The molecule has 2 fully saturated rings. The number of piperidine rings is 1. The smallest absolute Gasteiger partial charge is 0.325 e. The first kappa shape index (κ1) is 11.2. The van der Waals surface area contributed by atoms with Crippen molar-refractivity contribution in [3.63, 3.8) is 0 Å². The largest absolute Gasteiger partial charge is 0.465 e. The lowest BCUT2D eigenvalue weighted by Gasteiger charge is -2.19. The number of hydrogen-bond donors (Lipinski definition) is 0. The van der Waals surface area contributed by atoms with Crippen molar-refractivity contribution < 1.29 is 9.53 Å². The first-order valence-electron chi connectivity index (χ1n) is 6.85. The van der Waals surface area contributed by atoms with Crippen LogP contribution in [0, 0.1) is 5.92 Å². The van der Waals surface area contributed by atoms with Gasteiger partial charge in [-0.05, 0) is 25.5 Å². The number of pyridine rings is 1. The third-order valence-electron chi connectivity index (χ3n) is 4.62. The van der Waals surface area contributed by atoms with Crippen LogP contribution in [0.15, 0.2) is 36.5 Å². The molecule has 2 aliphatic heterocycles. The Labute approximate surface area is 112 Å². The van der Waals surface area contributed by atoms with Crippen LogP contribution in [0.3, 0.4) is 0 Å².